The van der Waals surface area contributed by atoms with Crippen molar-refractivity contribution < 1.29 is 18.0 Å². The van der Waals surface area contributed by atoms with Gasteiger partial charge in [-0.3, -0.25) is 4.79 Å². The van der Waals surface area contributed by atoms with Gasteiger partial charge in [0, 0.05) is 9.99 Å². The van der Waals surface area contributed by atoms with Gasteiger partial charge in [0.25, 0.3) is 0 Å². The summed E-state index contributed by atoms with van der Waals surface area (Å²) in [5, 5.41) is 0.213. The molecule has 1 nitrogen and oxygen atoms in total. The second kappa shape index (κ2) is 5.48. The maximum absolute atomic E-state index is 12.4. The molecular weight excluding hydrogens is 400 g/mol. The number of carbonyl (C=O) groups is 1. The van der Waals surface area contributed by atoms with Crippen LogP contribution in [0.25, 0.3) is 0 Å². The lowest BCUT2D eigenvalue weighted by Gasteiger charge is -2.10. The van der Waals surface area contributed by atoms with Crippen molar-refractivity contribution in [2.45, 2.75) is 12.6 Å². The Morgan fingerprint density at radius 1 is 1.38 bits per heavy atom. The van der Waals surface area contributed by atoms with Crippen molar-refractivity contribution in [3.8, 4) is 0 Å². The van der Waals surface area contributed by atoms with Crippen LogP contribution in [0, 0.1) is 3.57 Å². The van der Waals surface area contributed by atoms with Crippen molar-refractivity contribution in [2.24, 2.45) is 0 Å². The lowest BCUT2D eigenvalue weighted by molar-refractivity contribution is -0.138. The Balaban J connectivity index is 2.96. The average molecular weight is 407 g/mol. The van der Waals surface area contributed by atoms with E-state index in [4.69, 9.17) is 0 Å². The van der Waals surface area contributed by atoms with Crippen LogP contribution in [0.5, 0.6) is 0 Å². The highest BCUT2D eigenvalue weighted by Crippen LogP contribution is 2.33. The van der Waals surface area contributed by atoms with Crippen LogP contribution >= 0.6 is 38.5 Å². The van der Waals surface area contributed by atoms with E-state index in [1.807, 2.05) is 0 Å². The third-order valence-corrected chi connectivity index (χ3v) is 3.41. The van der Waals surface area contributed by atoms with E-state index in [9.17, 15) is 18.0 Å². The van der Waals surface area contributed by atoms with E-state index < -0.39 is 11.7 Å². The van der Waals surface area contributed by atoms with Gasteiger partial charge < -0.3 is 0 Å². The minimum Gasteiger partial charge on any atom is -0.298 e. The molecule has 1 aromatic rings. The third-order valence-electron chi connectivity index (χ3n) is 1.89. The van der Waals surface area contributed by atoms with Crippen molar-refractivity contribution in [3.63, 3.8) is 0 Å². The predicted octanol–water partition coefficient (Wildman–Crippen LogP) is 3.82. The van der Waals surface area contributed by atoms with Crippen molar-refractivity contribution >= 4 is 44.3 Å². The lowest BCUT2D eigenvalue weighted by atomic mass is 10.1. The number of Topliss-reactive ketones (excluding diaryl/α,β-unsaturated/α-hetero) is 1. The van der Waals surface area contributed by atoms with Gasteiger partial charge in [-0.25, -0.2) is 0 Å². The van der Waals surface area contributed by atoms with Crippen molar-refractivity contribution in [1.82, 2.24) is 0 Å². The molecule has 0 aliphatic rings. The van der Waals surface area contributed by atoms with Gasteiger partial charge in [-0.1, -0.05) is 22.0 Å². The molecule has 0 atom stereocenters. The topological polar surface area (TPSA) is 17.1 Å². The van der Waals surface area contributed by atoms with Crippen LogP contribution in [-0.2, 0) is 17.4 Å². The van der Waals surface area contributed by atoms with Crippen LogP contribution in [-0.4, -0.2) is 11.1 Å². The first kappa shape index (κ1) is 14.0. The van der Waals surface area contributed by atoms with Crippen molar-refractivity contribution in [1.29, 1.82) is 0 Å². The zero-order valence-corrected chi connectivity index (χ0v) is 11.7. The molecule has 0 aromatic heterocycles. The quantitative estimate of drug-likeness (QED) is 0.551. The number of rotatable bonds is 3. The number of alkyl halides is 4. The molecule has 0 saturated carbocycles. The maximum atomic E-state index is 12.4. The van der Waals surface area contributed by atoms with Crippen LogP contribution in [0.15, 0.2) is 18.2 Å². The molecule has 1 aromatic carbocycles. The average Bonchev–Trinajstić information content (AvgIpc) is 2.15. The molecule has 0 fully saturated rings. The molecule has 0 N–H and O–H groups in total. The Kier molecular flexibility index (Phi) is 4.78. The van der Waals surface area contributed by atoms with E-state index in [1.54, 1.807) is 22.6 Å². The van der Waals surface area contributed by atoms with Gasteiger partial charge in [-0.15, -0.1) is 0 Å². The molecule has 0 aliphatic heterocycles. The summed E-state index contributed by atoms with van der Waals surface area (Å²) in [7, 11) is 0. The molecule has 0 aliphatic carbocycles. The van der Waals surface area contributed by atoms with Crippen LogP contribution in [0.4, 0.5) is 13.2 Å². The van der Waals surface area contributed by atoms with Crippen LogP contribution in [0.2, 0.25) is 0 Å². The first-order valence-corrected chi connectivity index (χ1v) is 6.48. The molecule has 0 unspecified atom stereocenters. The summed E-state index contributed by atoms with van der Waals surface area (Å²) < 4.78 is 37.4. The summed E-state index contributed by atoms with van der Waals surface area (Å²) in [6.45, 7) is 0. The van der Waals surface area contributed by atoms with Gasteiger partial charge in [0.15, 0.2) is 0 Å². The largest absolute Gasteiger partial charge is 0.417 e. The zero-order valence-electron chi connectivity index (χ0n) is 7.94. The van der Waals surface area contributed by atoms with Gasteiger partial charge in [-0.05, 0) is 40.3 Å². The van der Waals surface area contributed by atoms with E-state index in [-0.39, 0.29) is 21.1 Å². The summed E-state index contributed by atoms with van der Waals surface area (Å²) in [5.74, 6) is -0.0597. The van der Waals surface area contributed by atoms with Crippen LogP contribution in [0.1, 0.15) is 11.1 Å². The Labute approximate surface area is 113 Å². The SMILES string of the molecule is O=C(CBr)Cc1ccc(C(F)(F)F)c(I)c1. The number of hydrogen-bond donors (Lipinski definition) is 0. The molecule has 16 heavy (non-hydrogen) atoms. The Morgan fingerprint density at radius 2 is 2.00 bits per heavy atom. The Hall–Kier alpha value is -0.110. The van der Waals surface area contributed by atoms with Gasteiger partial charge >= 0.3 is 6.18 Å². The molecule has 6 heteroatoms. The standard InChI is InChI=1S/C10H7BrF3IO/c11-5-7(16)3-6-1-2-8(9(15)4-6)10(12,13)14/h1-2,4H,3,5H2. The highest BCUT2D eigenvalue weighted by molar-refractivity contribution is 14.1. The zero-order chi connectivity index (χ0) is 12.3. The predicted molar refractivity (Wildman–Crippen MR) is 66.7 cm³/mol. The van der Waals surface area contributed by atoms with E-state index in [0.29, 0.717) is 5.56 Å². The highest BCUT2D eigenvalue weighted by Gasteiger charge is 2.32. The summed E-state index contributed by atoms with van der Waals surface area (Å²) >= 11 is 4.63. The molecule has 0 bridgehead atoms. The van der Waals surface area contributed by atoms with E-state index >= 15 is 0 Å². The number of halogens is 5. The fraction of sp³-hybridized carbons (Fsp3) is 0.300. The van der Waals surface area contributed by atoms with Gasteiger partial charge in [-0.2, -0.15) is 13.2 Å². The summed E-state index contributed by atoms with van der Waals surface area (Å²) in [6, 6.07) is 3.74. The van der Waals surface area contributed by atoms with Crippen molar-refractivity contribution in [2.75, 3.05) is 5.33 Å². The summed E-state index contributed by atoms with van der Waals surface area (Å²) in [5.41, 5.74) is -0.0648. The number of hydrogen-bond acceptors (Lipinski definition) is 1. The number of carbonyl (C=O) groups excluding carboxylic acids is 1. The minimum absolute atomic E-state index is 0.0597. The fourth-order valence-corrected chi connectivity index (χ4v) is 2.26. The van der Waals surface area contributed by atoms with Crippen LogP contribution in [0.3, 0.4) is 0 Å². The first-order valence-electron chi connectivity index (χ1n) is 4.28. The van der Waals surface area contributed by atoms with E-state index in [0.717, 1.165) is 6.07 Å². The highest BCUT2D eigenvalue weighted by atomic mass is 127. The normalized spacial score (nSPS) is 11.6. The van der Waals surface area contributed by atoms with E-state index in [2.05, 4.69) is 15.9 Å². The molecule has 88 valence electrons. The maximum Gasteiger partial charge on any atom is 0.417 e. The van der Waals surface area contributed by atoms with Gasteiger partial charge in [0.2, 0.25) is 0 Å². The van der Waals surface area contributed by atoms with Gasteiger partial charge in [0.1, 0.15) is 5.78 Å². The monoisotopic (exact) mass is 406 g/mol. The molecule has 0 heterocycles. The Bertz CT molecular complexity index is 404. The summed E-state index contributed by atoms with van der Waals surface area (Å²) in [4.78, 5) is 11.1. The smallest absolute Gasteiger partial charge is 0.298 e. The van der Waals surface area contributed by atoms with Gasteiger partial charge in [0.05, 0.1) is 10.9 Å². The molecule has 0 saturated heterocycles. The molecule has 0 amide bonds. The van der Waals surface area contributed by atoms with Crippen molar-refractivity contribution in [3.05, 3.63) is 32.9 Å². The number of ketones is 1. The molecule has 0 radical (unpaired) electrons. The third kappa shape index (κ3) is 3.73. The molecule has 1 rings (SSSR count). The Morgan fingerprint density at radius 3 is 2.44 bits per heavy atom. The fourth-order valence-electron chi connectivity index (χ4n) is 1.17. The molecule has 0 spiro atoms. The van der Waals surface area contributed by atoms with E-state index in [1.165, 1.54) is 12.1 Å². The molecular formula is C10H7BrF3IO. The second-order valence-electron chi connectivity index (χ2n) is 3.16. The number of benzene rings is 1. The minimum atomic E-state index is -4.34. The van der Waals surface area contributed by atoms with Crippen LogP contribution < -0.4 is 0 Å². The lowest BCUT2D eigenvalue weighted by Crippen LogP contribution is -2.09. The first-order chi connectivity index (χ1) is 7.34. The summed E-state index contributed by atoms with van der Waals surface area (Å²) in [6.07, 6.45) is -4.19. The second-order valence-corrected chi connectivity index (χ2v) is 4.88.